The Hall–Kier alpha value is -2.66. The van der Waals surface area contributed by atoms with E-state index in [1.807, 2.05) is 47.8 Å². The lowest BCUT2D eigenvalue weighted by Gasteiger charge is -2.08. The molecular formula is C19H18N2O2S. The van der Waals surface area contributed by atoms with Crippen LogP contribution in [-0.2, 0) is 6.42 Å². The molecule has 2 aromatic carbocycles. The topological polar surface area (TPSA) is 51.2 Å². The lowest BCUT2D eigenvalue weighted by atomic mass is 10.2. The summed E-state index contributed by atoms with van der Waals surface area (Å²) in [6.07, 6.45) is 0.699. The summed E-state index contributed by atoms with van der Waals surface area (Å²) in [5.74, 6) is 0.445. The number of benzene rings is 2. The molecule has 24 heavy (non-hydrogen) atoms. The van der Waals surface area contributed by atoms with Gasteiger partial charge in [-0.05, 0) is 12.1 Å². The number of para-hydroxylation sites is 1. The zero-order chi connectivity index (χ0) is 16.8. The second kappa shape index (κ2) is 7.75. The first-order valence-electron chi connectivity index (χ1n) is 7.69. The Morgan fingerprint density at radius 1 is 1.12 bits per heavy atom. The number of carbonyl (C=O) groups excluding carboxylic acids is 1. The van der Waals surface area contributed by atoms with Crippen LogP contribution in [0.4, 0.5) is 0 Å². The number of hydrogen-bond donors (Lipinski definition) is 1. The van der Waals surface area contributed by atoms with E-state index in [-0.39, 0.29) is 5.91 Å². The van der Waals surface area contributed by atoms with Crippen molar-refractivity contribution in [3.63, 3.8) is 0 Å². The Morgan fingerprint density at radius 2 is 1.88 bits per heavy atom. The Balaban J connectivity index is 1.57. The maximum absolute atomic E-state index is 12.2. The van der Waals surface area contributed by atoms with Gasteiger partial charge >= 0.3 is 0 Å². The summed E-state index contributed by atoms with van der Waals surface area (Å²) in [5, 5.41) is 5.96. The molecule has 0 atom stereocenters. The minimum Gasteiger partial charge on any atom is -0.496 e. The van der Waals surface area contributed by atoms with Crippen molar-refractivity contribution in [2.75, 3.05) is 13.7 Å². The highest BCUT2D eigenvalue weighted by Gasteiger charge is 2.11. The van der Waals surface area contributed by atoms with Crippen molar-refractivity contribution in [2.24, 2.45) is 0 Å². The second-order valence-corrected chi connectivity index (χ2v) is 6.07. The zero-order valence-electron chi connectivity index (χ0n) is 13.4. The normalized spacial score (nSPS) is 10.4. The van der Waals surface area contributed by atoms with Crippen LogP contribution in [0.25, 0.3) is 10.6 Å². The van der Waals surface area contributed by atoms with Crippen molar-refractivity contribution < 1.29 is 9.53 Å². The Labute approximate surface area is 145 Å². The molecule has 0 radical (unpaired) electrons. The van der Waals surface area contributed by atoms with Crippen molar-refractivity contribution in [3.8, 4) is 16.3 Å². The number of amides is 1. The largest absolute Gasteiger partial charge is 0.496 e. The van der Waals surface area contributed by atoms with E-state index in [4.69, 9.17) is 4.74 Å². The molecule has 0 aliphatic carbocycles. The first-order valence-corrected chi connectivity index (χ1v) is 8.57. The van der Waals surface area contributed by atoms with E-state index < -0.39 is 0 Å². The van der Waals surface area contributed by atoms with Crippen LogP contribution in [-0.4, -0.2) is 24.5 Å². The van der Waals surface area contributed by atoms with Crippen LogP contribution >= 0.6 is 11.3 Å². The molecule has 0 unspecified atom stereocenters. The summed E-state index contributed by atoms with van der Waals surface area (Å²) in [4.78, 5) is 16.9. The number of thiazole rings is 1. The number of hydrogen-bond acceptors (Lipinski definition) is 4. The molecule has 5 heteroatoms. The van der Waals surface area contributed by atoms with Crippen molar-refractivity contribution in [3.05, 3.63) is 71.2 Å². The van der Waals surface area contributed by atoms with Gasteiger partial charge in [0.05, 0.1) is 18.4 Å². The number of nitrogens with zero attached hydrogens (tertiary/aromatic N) is 1. The molecule has 0 bridgehead atoms. The number of rotatable bonds is 6. The van der Waals surface area contributed by atoms with Crippen LogP contribution < -0.4 is 10.1 Å². The molecule has 3 aromatic rings. The van der Waals surface area contributed by atoms with E-state index in [0.29, 0.717) is 24.3 Å². The minimum atomic E-state index is -0.133. The van der Waals surface area contributed by atoms with Gasteiger partial charge in [-0.1, -0.05) is 42.5 Å². The Morgan fingerprint density at radius 3 is 2.67 bits per heavy atom. The fourth-order valence-corrected chi connectivity index (χ4v) is 3.23. The summed E-state index contributed by atoms with van der Waals surface area (Å²) in [7, 11) is 1.56. The summed E-state index contributed by atoms with van der Waals surface area (Å²) >= 11 is 1.62. The first kappa shape index (κ1) is 16.2. The molecular weight excluding hydrogens is 320 g/mol. The third-order valence-corrected chi connectivity index (χ3v) is 4.53. The lowest BCUT2D eigenvalue weighted by Crippen LogP contribution is -2.26. The van der Waals surface area contributed by atoms with Gasteiger partial charge in [0.15, 0.2) is 0 Å². The van der Waals surface area contributed by atoms with Gasteiger partial charge in [-0.2, -0.15) is 0 Å². The molecule has 3 rings (SSSR count). The van der Waals surface area contributed by atoms with Crippen LogP contribution in [0.15, 0.2) is 60.0 Å². The molecule has 4 nitrogen and oxygen atoms in total. The van der Waals surface area contributed by atoms with E-state index in [9.17, 15) is 4.79 Å². The van der Waals surface area contributed by atoms with Crippen molar-refractivity contribution in [1.82, 2.24) is 10.3 Å². The predicted octanol–water partition coefficient (Wildman–Crippen LogP) is 3.79. The Kier molecular flexibility index (Phi) is 5.23. The number of ether oxygens (including phenoxy) is 1. The van der Waals surface area contributed by atoms with Gasteiger partial charge in [0.1, 0.15) is 10.8 Å². The SMILES string of the molecule is COc1ccccc1C(=O)NCCc1csc(-c2ccccc2)n1. The monoisotopic (exact) mass is 338 g/mol. The molecule has 1 N–H and O–H groups in total. The fourth-order valence-electron chi connectivity index (χ4n) is 2.37. The van der Waals surface area contributed by atoms with E-state index >= 15 is 0 Å². The molecule has 0 fully saturated rings. The second-order valence-electron chi connectivity index (χ2n) is 5.22. The fraction of sp³-hybridized carbons (Fsp3) is 0.158. The number of methoxy groups -OCH3 is 1. The minimum absolute atomic E-state index is 0.133. The first-order chi connectivity index (χ1) is 11.8. The zero-order valence-corrected chi connectivity index (χ0v) is 14.2. The highest BCUT2D eigenvalue weighted by Crippen LogP contribution is 2.23. The molecule has 122 valence electrons. The molecule has 0 aliphatic heterocycles. The van der Waals surface area contributed by atoms with E-state index in [2.05, 4.69) is 10.3 Å². The van der Waals surface area contributed by atoms with Gasteiger partial charge in [-0.3, -0.25) is 4.79 Å². The van der Waals surface area contributed by atoms with E-state index in [1.54, 1.807) is 30.6 Å². The summed E-state index contributed by atoms with van der Waals surface area (Å²) in [6.45, 7) is 0.537. The highest BCUT2D eigenvalue weighted by atomic mass is 32.1. The predicted molar refractivity (Wildman–Crippen MR) is 96.6 cm³/mol. The highest BCUT2D eigenvalue weighted by molar-refractivity contribution is 7.13. The molecule has 1 aromatic heterocycles. The quantitative estimate of drug-likeness (QED) is 0.744. The van der Waals surface area contributed by atoms with Crippen LogP contribution in [0.3, 0.4) is 0 Å². The van der Waals surface area contributed by atoms with Crippen LogP contribution in [0, 0.1) is 0 Å². The van der Waals surface area contributed by atoms with Crippen molar-refractivity contribution >= 4 is 17.2 Å². The van der Waals surface area contributed by atoms with Gasteiger partial charge in [-0.25, -0.2) is 4.98 Å². The molecule has 1 heterocycles. The summed E-state index contributed by atoms with van der Waals surface area (Å²) in [6, 6.07) is 17.3. The van der Waals surface area contributed by atoms with Gasteiger partial charge in [0.2, 0.25) is 0 Å². The molecule has 0 spiro atoms. The van der Waals surface area contributed by atoms with Gasteiger partial charge < -0.3 is 10.1 Å². The van der Waals surface area contributed by atoms with E-state index in [0.717, 1.165) is 16.3 Å². The number of nitrogens with one attached hydrogen (secondary N) is 1. The summed E-state index contributed by atoms with van der Waals surface area (Å²) < 4.78 is 5.21. The van der Waals surface area contributed by atoms with Crippen molar-refractivity contribution in [1.29, 1.82) is 0 Å². The maximum atomic E-state index is 12.2. The molecule has 1 amide bonds. The average molecular weight is 338 g/mol. The third kappa shape index (κ3) is 3.81. The molecule has 0 saturated carbocycles. The van der Waals surface area contributed by atoms with Gasteiger partial charge in [0.25, 0.3) is 5.91 Å². The molecule has 0 aliphatic rings. The third-order valence-electron chi connectivity index (χ3n) is 3.59. The van der Waals surface area contributed by atoms with Gasteiger partial charge in [0, 0.05) is 23.9 Å². The van der Waals surface area contributed by atoms with Gasteiger partial charge in [-0.15, -0.1) is 11.3 Å². The standard InChI is InChI=1S/C19H18N2O2S/c1-23-17-10-6-5-9-16(17)18(22)20-12-11-15-13-24-19(21-15)14-7-3-2-4-8-14/h2-10,13H,11-12H2,1H3,(H,20,22). The van der Waals surface area contributed by atoms with Crippen LogP contribution in [0.1, 0.15) is 16.1 Å². The maximum Gasteiger partial charge on any atom is 0.255 e. The number of carbonyl (C=O) groups is 1. The number of aromatic nitrogens is 1. The van der Waals surface area contributed by atoms with Crippen molar-refractivity contribution in [2.45, 2.75) is 6.42 Å². The Bertz CT molecular complexity index is 815. The lowest BCUT2D eigenvalue weighted by molar-refractivity contribution is 0.0951. The van der Waals surface area contributed by atoms with Crippen LogP contribution in [0.5, 0.6) is 5.75 Å². The summed E-state index contributed by atoms with van der Waals surface area (Å²) in [5.41, 5.74) is 2.65. The average Bonchev–Trinajstić information content (AvgIpc) is 3.11. The van der Waals surface area contributed by atoms with Crippen LogP contribution in [0.2, 0.25) is 0 Å². The van der Waals surface area contributed by atoms with E-state index in [1.165, 1.54) is 0 Å². The smallest absolute Gasteiger partial charge is 0.255 e. The molecule has 0 saturated heterocycles.